The van der Waals surface area contributed by atoms with Crippen LogP contribution in [0.1, 0.15) is 27.7 Å². The molecule has 0 bridgehead atoms. The van der Waals surface area contributed by atoms with Crippen LogP contribution in [-0.4, -0.2) is 29.0 Å². The molecule has 4 rings (SSSR count). The number of ether oxygens (including phenoxy) is 4. The topological polar surface area (TPSA) is 105 Å². The summed E-state index contributed by atoms with van der Waals surface area (Å²) in [6.07, 6.45) is 2.57. The van der Waals surface area contributed by atoms with Gasteiger partial charge in [0.05, 0.1) is 31.8 Å². The summed E-state index contributed by atoms with van der Waals surface area (Å²) >= 11 is 0. The lowest BCUT2D eigenvalue weighted by Crippen LogP contribution is -2.06. The Balaban J connectivity index is 1.33. The van der Waals surface area contributed by atoms with Gasteiger partial charge in [-0.1, -0.05) is 0 Å². The van der Waals surface area contributed by atoms with Gasteiger partial charge in [0.15, 0.2) is 0 Å². The lowest BCUT2D eigenvalue weighted by molar-refractivity contribution is 0.242. The summed E-state index contributed by atoms with van der Waals surface area (Å²) in [6.45, 7) is 7.59. The van der Waals surface area contributed by atoms with Crippen LogP contribution >= 0.6 is 0 Å². The zero-order chi connectivity index (χ0) is 30.3. The molecule has 0 aromatic heterocycles. The average Bonchev–Trinajstić information content (AvgIpc) is 2.96. The van der Waals surface area contributed by atoms with Gasteiger partial charge in [-0.15, -0.1) is 0 Å². The molecule has 10 heteroatoms. The van der Waals surface area contributed by atoms with Crippen LogP contribution in [0.3, 0.4) is 0 Å². The highest BCUT2D eigenvalue weighted by molar-refractivity contribution is 7.91. The summed E-state index contributed by atoms with van der Waals surface area (Å²) in [5, 5.41) is 0. The van der Waals surface area contributed by atoms with E-state index >= 15 is 0 Å². The Morgan fingerprint density at radius 2 is 0.667 bits per heavy atom. The van der Waals surface area contributed by atoms with Crippen molar-refractivity contribution in [1.29, 1.82) is 0 Å². The van der Waals surface area contributed by atoms with Crippen LogP contribution in [0.4, 0.5) is 0 Å². The van der Waals surface area contributed by atoms with E-state index in [9.17, 15) is 16.8 Å². The maximum absolute atomic E-state index is 13.0. The molecule has 0 spiro atoms. The first-order chi connectivity index (χ1) is 19.9. The zero-order valence-electron chi connectivity index (χ0n) is 23.6. The highest BCUT2D eigenvalue weighted by Gasteiger charge is 2.19. The molecule has 0 unspecified atom stereocenters. The summed E-state index contributed by atoms with van der Waals surface area (Å²) in [5.74, 6) is 2.00. The molecular formula is C32H32O8S2. The molecule has 0 amide bonds. The Hall–Kier alpha value is -4.28. The van der Waals surface area contributed by atoms with Crippen molar-refractivity contribution in [2.45, 2.75) is 59.5 Å². The smallest absolute Gasteiger partial charge is 0.206 e. The molecule has 0 aliphatic carbocycles. The average molecular weight is 609 g/mol. The number of sulfone groups is 2. The van der Waals surface area contributed by atoms with Gasteiger partial charge in [-0.05, 0) is 125 Å². The number of hydrogen-bond donors (Lipinski definition) is 0. The molecule has 0 N–H and O–H groups in total. The summed E-state index contributed by atoms with van der Waals surface area (Å²) in [4.78, 5) is 0.576. The second-order valence-electron chi connectivity index (χ2n) is 9.73. The van der Waals surface area contributed by atoms with Crippen molar-refractivity contribution in [3.63, 3.8) is 0 Å². The largest absolute Gasteiger partial charge is 0.491 e. The van der Waals surface area contributed by atoms with E-state index in [-0.39, 0.29) is 31.8 Å². The minimum atomic E-state index is -3.70. The van der Waals surface area contributed by atoms with Crippen molar-refractivity contribution in [3.05, 3.63) is 110 Å². The van der Waals surface area contributed by atoms with Crippen LogP contribution in [0.2, 0.25) is 0 Å². The SMILES string of the molecule is CC(C)Oc1ccc(S(=O)(=O)c2ccc(OC=COc3ccc(S(=O)(=O)c4ccc(OC(C)C)cc4)cc3)cc2)cc1. The first kappa shape index (κ1) is 30.7. The quantitative estimate of drug-likeness (QED) is 0.161. The van der Waals surface area contributed by atoms with Gasteiger partial charge >= 0.3 is 0 Å². The zero-order valence-corrected chi connectivity index (χ0v) is 25.3. The highest BCUT2D eigenvalue weighted by Crippen LogP contribution is 2.27. The maximum atomic E-state index is 13.0. The molecule has 0 saturated carbocycles. The van der Waals surface area contributed by atoms with Crippen molar-refractivity contribution in [2.24, 2.45) is 0 Å². The van der Waals surface area contributed by atoms with E-state index in [4.69, 9.17) is 18.9 Å². The Labute approximate surface area is 247 Å². The molecular weight excluding hydrogens is 576 g/mol. The van der Waals surface area contributed by atoms with Gasteiger partial charge in [-0.25, -0.2) is 16.8 Å². The van der Waals surface area contributed by atoms with E-state index in [1.54, 1.807) is 24.3 Å². The predicted octanol–water partition coefficient (Wildman–Crippen LogP) is 6.86. The van der Waals surface area contributed by atoms with E-state index in [0.29, 0.717) is 23.0 Å². The van der Waals surface area contributed by atoms with Crippen molar-refractivity contribution in [3.8, 4) is 23.0 Å². The molecule has 0 aliphatic heterocycles. The number of hydrogen-bond acceptors (Lipinski definition) is 8. The van der Waals surface area contributed by atoms with E-state index < -0.39 is 19.7 Å². The molecule has 8 nitrogen and oxygen atoms in total. The van der Waals surface area contributed by atoms with Crippen molar-refractivity contribution >= 4 is 19.7 Å². The lowest BCUT2D eigenvalue weighted by atomic mass is 10.3. The first-order valence-electron chi connectivity index (χ1n) is 13.2. The Bertz CT molecular complexity index is 1580. The second-order valence-corrected chi connectivity index (χ2v) is 13.6. The van der Waals surface area contributed by atoms with Gasteiger partial charge in [0.2, 0.25) is 19.7 Å². The lowest BCUT2D eigenvalue weighted by Gasteiger charge is -2.11. The normalized spacial score (nSPS) is 12.0. The van der Waals surface area contributed by atoms with E-state index in [0.717, 1.165) is 0 Å². The molecule has 4 aromatic carbocycles. The molecule has 0 fully saturated rings. The maximum Gasteiger partial charge on any atom is 0.206 e. The fraction of sp³-hybridized carbons (Fsp3) is 0.188. The summed E-state index contributed by atoms with van der Waals surface area (Å²) in [5.41, 5.74) is 0. The van der Waals surface area contributed by atoms with Crippen LogP contribution in [0.15, 0.2) is 129 Å². The van der Waals surface area contributed by atoms with Gasteiger partial charge in [0.1, 0.15) is 35.5 Å². The fourth-order valence-electron chi connectivity index (χ4n) is 3.82. The molecule has 42 heavy (non-hydrogen) atoms. The number of benzene rings is 4. The summed E-state index contributed by atoms with van der Waals surface area (Å²) in [7, 11) is -7.41. The molecule has 0 heterocycles. The fourth-order valence-corrected chi connectivity index (χ4v) is 6.34. The summed E-state index contributed by atoms with van der Waals surface area (Å²) < 4.78 is 73.9. The highest BCUT2D eigenvalue weighted by atomic mass is 32.2. The standard InChI is InChI=1S/C32H32O8S2/c1-23(2)39-27-9-17-31(18-10-27)41(33,34)29-13-5-25(6-14-29)37-21-22-38-26-7-15-30(16-8-26)42(35,36)32-19-11-28(12-20-32)40-24(3)4/h5-24H,1-4H3. The third-order valence-corrected chi connectivity index (χ3v) is 9.31. The number of rotatable bonds is 12. The van der Waals surface area contributed by atoms with Crippen LogP contribution in [-0.2, 0) is 19.7 Å². The van der Waals surface area contributed by atoms with E-state index in [2.05, 4.69) is 0 Å². The van der Waals surface area contributed by atoms with Crippen LogP contribution < -0.4 is 18.9 Å². The van der Waals surface area contributed by atoms with Crippen molar-refractivity contribution in [2.75, 3.05) is 0 Å². The molecule has 4 aromatic rings. The second kappa shape index (κ2) is 13.1. The third kappa shape index (κ3) is 7.71. The van der Waals surface area contributed by atoms with Gasteiger partial charge in [-0.3, -0.25) is 0 Å². The van der Waals surface area contributed by atoms with E-state index in [1.807, 2.05) is 27.7 Å². The molecule has 0 aliphatic rings. The third-order valence-electron chi connectivity index (χ3n) is 5.74. The van der Waals surface area contributed by atoms with Crippen LogP contribution in [0.25, 0.3) is 0 Å². The first-order valence-corrected chi connectivity index (χ1v) is 16.1. The molecule has 0 atom stereocenters. The summed E-state index contributed by atoms with van der Waals surface area (Å²) in [6, 6.07) is 24.6. The van der Waals surface area contributed by atoms with Gasteiger partial charge in [-0.2, -0.15) is 0 Å². The minimum absolute atomic E-state index is 0.0105. The van der Waals surface area contributed by atoms with Gasteiger partial charge in [0.25, 0.3) is 0 Å². The van der Waals surface area contributed by atoms with Gasteiger partial charge < -0.3 is 18.9 Å². The van der Waals surface area contributed by atoms with Crippen molar-refractivity contribution < 1.29 is 35.8 Å². The van der Waals surface area contributed by atoms with Gasteiger partial charge in [0, 0.05) is 0 Å². The molecule has 0 saturated heterocycles. The Kier molecular flexibility index (Phi) is 9.59. The molecule has 220 valence electrons. The predicted molar refractivity (Wildman–Crippen MR) is 159 cm³/mol. The molecule has 0 radical (unpaired) electrons. The van der Waals surface area contributed by atoms with Crippen molar-refractivity contribution in [1.82, 2.24) is 0 Å². The minimum Gasteiger partial charge on any atom is -0.491 e. The van der Waals surface area contributed by atoms with E-state index in [1.165, 1.54) is 85.3 Å². The Morgan fingerprint density at radius 3 is 0.905 bits per heavy atom. The van der Waals surface area contributed by atoms with Crippen LogP contribution in [0.5, 0.6) is 23.0 Å². The van der Waals surface area contributed by atoms with Crippen LogP contribution in [0, 0.1) is 0 Å². The Morgan fingerprint density at radius 1 is 0.429 bits per heavy atom. The monoisotopic (exact) mass is 608 g/mol.